The monoisotopic (exact) mass is 287 g/mol. The zero-order valence-corrected chi connectivity index (χ0v) is 12.3. The number of carbonyl (C=O) groups excluding carboxylic acids is 2. The highest BCUT2D eigenvalue weighted by atomic mass is 16.2. The number of hydrogen-bond donors (Lipinski definition) is 1. The van der Waals surface area contributed by atoms with Crippen LogP contribution >= 0.6 is 0 Å². The van der Waals surface area contributed by atoms with Crippen LogP contribution in [0.2, 0.25) is 0 Å². The number of likely N-dealkylation sites (N-methyl/N-ethyl adjacent to an activating group) is 1. The van der Waals surface area contributed by atoms with Crippen molar-refractivity contribution >= 4 is 17.5 Å². The molecule has 2 saturated heterocycles. The second-order valence-electron chi connectivity index (χ2n) is 5.86. The van der Waals surface area contributed by atoms with Gasteiger partial charge in [-0.3, -0.25) is 9.59 Å². The number of amides is 2. The Morgan fingerprint density at radius 3 is 2.76 bits per heavy atom. The number of carbonyl (C=O) groups is 2. The molecule has 0 radical (unpaired) electrons. The maximum Gasteiger partial charge on any atom is 0.247 e. The van der Waals surface area contributed by atoms with Crippen molar-refractivity contribution in [1.29, 1.82) is 0 Å². The molecule has 0 saturated carbocycles. The number of rotatable bonds is 3. The normalized spacial score (nSPS) is 23.0. The van der Waals surface area contributed by atoms with E-state index in [2.05, 4.69) is 11.4 Å². The Labute approximate surface area is 124 Å². The highest BCUT2D eigenvalue weighted by Gasteiger charge is 2.30. The van der Waals surface area contributed by atoms with Crippen LogP contribution in [0, 0.1) is 0 Å². The lowest BCUT2D eigenvalue weighted by Gasteiger charge is -2.33. The molecule has 0 aromatic heterocycles. The van der Waals surface area contributed by atoms with Gasteiger partial charge in [0.25, 0.3) is 0 Å². The third-order valence-electron chi connectivity index (χ3n) is 4.30. The maximum atomic E-state index is 12.3. The maximum absolute atomic E-state index is 12.3. The average molecular weight is 287 g/mol. The third-order valence-corrected chi connectivity index (χ3v) is 4.30. The summed E-state index contributed by atoms with van der Waals surface area (Å²) in [4.78, 5) is 27.3. The first kappa shape index (κ1) is 14.1. The predicted octanol–water partition coefficient (Wildman–Crippen LogP) is 0.786. The van der Waals surface area contributed by atoms with Gasteiger partial charge in [-0.25, -0.2) is 0 Å². The lowest BCUT2D eigenvalue weighted by atomic mass is 10.0. The van der Waals surface area contributed by atoms with Crippen molar-refractivity contribution in [1.82, 2.24) is 10.2 Å². The molecule has 0 bridgehead atoms. The van der Waals surface area contributed by atoms with E-state index in [1.165, 1.54) is 17.7 Å². The molecule has 1 aromatic rings. The minimum atomic E-state index is -0.0107. The van der Waals surface area contributed by atoms with E-state index in [1.54, 1.807) is 11.9 Å². The lowest BCUT2D eigenvalue weighted by molar-refractivity contribution is -0.136. The molecule has 21 heavy (non-hydrogen) atoms. The first-order valence-corrected chi connectivity index (χ1v) is 7.51. The van der Waals surface area contributed by atoms with Crippen molar-refractivity contribution in [2.24, 2.45) is 0 Å². The lowest BCUT2D eigenvalue weighted by Crippen LogP contribution is -2.52. The molecule has 2 aliphatic heterocycles. The van der Waals surface area contributed by atoms with Gasteiger partial charge in [-0.05, 0) is 37.4 Å². The van der Waals surface area contributed by atoms with Crippen LogP contribution in [0.15, 0.2) is 24.3 Å². The van der Waals surface area contributed by atoms with Gasteiger partial charge in [-0.2, -0.15) is 0 Å². The van der Waals surface area contributed by atoms with Crippen LogP contribution in [-0.4, -0.2) is 49.4 Å². The number of nitrogens with one attached hydrogen (secondary N) is 1. The van der Waals surface area contributed by atoms with E-state index >= 15 is 0 Å². The number of para-hydroxylation sites is 1. The van der Waals surface area contributed by atoms with Crippen LogP contribution in [0.5, 0.6) is 0 Å². The van der Waals surface area contributed by atoms with Crippen molar-refractivity contribution < 1.29 is 9.59 Å². The molecule has 2 heterocycles. The number of anilines is 1. The first-order chi connectivity index (χ1) is 10.1. The zero-order valence-electron chi connectivity index (χ0n) is 12.3. The molecule has 1 N–H and O–H groups in total. The number of benzene rings is 1. The van der Waals surface area contributed by atoms with E-state index in [4.69, 9.17) is 0 Å². The fourth-order valence-corrected chi connectivity index (χ4v) is 3.08. The molecule has 1 aromatic carbocycles. The summed E-state index contributed by atoms with van der Waals surface area (Å²) in [7, 11) is 1.67. The Balaban J connectivity index is 1.84. The molecular weight excluding hydrogens is 266 g/mol. The van der Waals surface area contributed by atoms with E-state index in [-0.39, 0.29) is 24.9 Å². The molecule has 2 aliphatic rings. The summed E-state index contributed by atoms with van der Waals surface area (Å²) < 4.78 is 0. The fraction of sp³-hybridized carbons (Fsp3) is 0.500. The summed E-state index contributed by atoms with van der Waals surface area (Å²) >= 11 is 0. The summed E-state index contributed by atoms with van der Waals surface area (Å²) in [6.45, 7) is 1.37. The molecule has 112 valence electrons. The Hall–Kier alpha value is -1.88. The van der Waals surface area contributed by atoms with Gasteiger partial charge >= 0.3 is 0 Å². The second kappa shape index (κ2) is 5.85. The van der Waals surface area contributed by atoms with Gasteiger partial charge in [-0.15, -0.1) is 0 Å². The summed E-state index contributed by atoms with van der Waals surface area (Å²) in [6.07, 6.45) is 3.28. The second-order valence-corrected chi connectivity index (χ2v) is 5.86. The molecule has 3 rings (SSSR count). The van der Waals surface area contributed by atoms with E-state index in [1.807, 2.05) is 18.2 Å². The minimum absolute atomic E-state index is 0.0102. The fourth-order valence-electron chi connectivity index (χ4n) is 3.08. The van der Waals surface area contributed by atoms with Crippen LogP contribution in [0.25, 0.3) is 0 Å². The molecule has 0 aliphatic carbocycles. The predicted molar refractivity (Wildman–Crippen MR) is 81.2 cm³/mol. The molecule has 5 heteroatoms. The zero-order chi connectivity index (χ0) is 14.8. The SMILES string of the molecule is CN1CC(=O)N(c2ccccc2CC2CCCN2)CC1=O. The topological polar surface area (TPSA) is 52.7 Å². The van der Waals surface area contributed by atoms with E-state index in [9.17, 15) is 9.59 Å². The Morgan fingerprint density at radius 1 is 1.19 bits per heavy atom. The Morgan fingerprint density at radius 2 is 2.00 bits per heavy atom. The van der Waals surface area contributed by atoms with Crippen molar-refractivity contribution in [2.75, 3.05) is 31.6 Å². The largest absolute Gasteiger partial charge is 0.335 e. The van der Waals surface area contributed by atoms with Gasteiger partial charge in [0.05, 0.1) is 6.54 Å². The minimum Gasteiger partial charge on any atom is -0.335 e. The van der Waals surface area contributed by atoms with Crippen LogP contribution in [-0.2, 0) is 16.0 Å². The molecule has 1 unspecified atom stereocenters. The van der Waals surface area contributed by atoms with Crippen LogP contribution in [0.1, 0.15) is 18.4 Å². The van der Waals surface area contributed by atoms with Gasteiger partial charge in [0, 0.05) is 18.8 Å². The van der Waals surface area contributed by atoms with Gasteiger partial charge in [0.15, 0.2) is 0 Å². The summed E-state index contributed by atoms with van der Waals surface area (Å²) in [6, 6.07) is 8.41. The summed E-state index contributed by atoms with van der Waals surface area (Å²) in [5.41, 5.74) is 2.03. The molecule has 1 atom stereocenters. The van der Waals surface area contributed by atoms with Gasteiger partial charge in [0.1, 0.15) is 6.54 Å². The Bertz CT molecular complexity index is 552. The van der Waals surface area contributed by atoms with Crippen molar-refractivity contribution in [3.63, 3.8) is 0 Å². The molecular formula is C16H21N3O2. The van der Waals surface area contributed by atoms with Gasteiger partial charge in [-0.1, -0.05) is 18.2 Å². The quantitative estimate of drug-likeness (QED) is 0.894. The molecule has 0 spiro atoms. The summed E-state index contributed by atoms with van der Waals surface area (Å²) in [5, 5.41) is 3.48. The standard InChI is InChI=1S/C16H21N3O2/c1-18-10-16(21)19(11-15(18)20)14-7-3-2-5-12(14)9-13-6-4-8-17-13/h2-3,5,7,13,17H,4,6,8-11H2,1H3. The Kier molecular flexibility index (Phi) is 3.92. The molecule has 2 fully saturated rings. The molecule has 2 amide bonds. The number of nitrogens with zero attached hydrogens (tertiary/aromatic N) is 2. The van der Waals surface area contributed by atoms with Crippen LogP contribution in [0.4, 0.5) is 5.69 Å². The van der Waals surface area contributed by atoms with Crippen molar-refractivity contribution in [3.05, 3.63) is 29.8 Å². The van der Waals surface area contributed by atoms with Gasteiger partial charge in [0.2, 0.25) is 11.8 Å². The first-order valence-electron chi connectivity index (χ1n) is 7.51. The van der Waals surface area contributed by atoms with Crippen LogP contribution in [0.3, 0.4) is 0 Å². The van der Waals surface area contributed by atoms with E-state index in [0.717, 1.165) is 24.2 Å². The number of hydrogen-bond acceptors (Lipinski definition) is 3. The van der Waals surface area contributed by atoms with Crippen LogP contribution < -0.4 is 10.2 Å². The van der Waals surface area contributed by atoms with E-state index in [0.29, 0.717) is 6.04 Å². The van der Waals surface area contributed by atoms with Crippen molar-refractivity contribution in [3.8, 4) is 0 Å². The molecule has 5 nitrogen and oxygen atoms in total. The average Bonchev–Trinajstić information content (AvgIpc) is 2.97. The van der Waals surface area contributed by atoms with E-state index < -0.39 is 0 Å². The summed E-state index contributed by atoms with van der Waals surface area (Å²) in [5.74, 6) is -0.0210. The number of piperazine rings is 1. The highest BCUT2D eigenvalue weighted by Crippen LogP contribution is 2.25. The smallest absolute Gasteiger partial charge is 0.247 e. The van der Waals surface area contributed by atoms with Crippen molar-refractivity contribution in [2.45, 2.75) is 25.3 Å². The highest BCUT2D eigenvalue weighted by molar-refractivity contribution is 6.04. The van der Waals surface area contributed by atoms with Gasteiger partial charge < -0.3 is 15.1 Å². The third kappa shape index (κ3) is 2.93.